The smallest absolute Gasteiger partial charge is 0.115 e. The van der Waals surface area contributed by atoms with E-state index in [0.717, 1.165) is 22.0 Å². The lowest BCUT2D eigenvalue weighted by Crippen LogP contribution is -2.01. The van der Waals surface area contributed by atoms with E-state index in [4.69, 9.17) is 11.6 Å². The van der Waals surface area contributed by atoms with Gasteiger partial charge in [-0.15, -0.1) is 0 Å². The van der Waals surface area contributed by atoms with Crippen molar-refractivity contribution in [2.24, 2.45) is 0 Å². The normalized spacial score (nSPS) is 10.1. The van der Waals surface area contributed by atoms with Crippen LogP contribution < -0.4 is 5.32 Å². The molecule has 1 aromatic carbocycles. The van der Waals surface area contributed by atoms with Gasteiger partial charge in [0.15, 0.2) is 0 Å². The third-order valence-corrected chi connectivity index (χ3v) is 2.70. The molecule has 0 bridgehead atoms. The Morgan fingerprint density at radius 1 is 1.31 bits per heavy atom. The molecule has 0 radical (unpaired) electrons. The van der Waals surface area contributed by atoms with Gasteiger partial charge < -0.3 is 5.32 Å². The van der Waals surface area contributed by atoms with Crippen molar-refractivity contribution < 1.29 is 0 Å². The highest BCUT2D eigenvalue weighted by molar-refractivity contribution is 6.31. The van der Waals surface area contributed by atoms with Gasteiger partial charge in [0.1, 0.15) is 6.33 Å². The van der Waals surface area contributed by atoms with E-state index in [-0.39, 0.29) is 0 Å². The Hall–Kier alpha value is -1.61. The van der Waals surface area contributed by atoms with Crippen molar-refractivity contribution in [1.82, 2.24) is 9.97 Å². The van der Waals surface area contributed by atoms with E-state index in [9.17, 15) is 0 Å². The van der Waals surface area contributed by atoms with Crippen LogP contribution in [0.3, 0.4) is 0 Å². The van der Waals surface area contributed by atoms with Gasteiger partial charge in [-0.25, -0.2) is 9.97 Å². The molecule has 2 aromatic rings. The highest BCUT2D eigenvalue weighted by Gasteiger charge is 1.98. The summed E-state index contributed by atoms with van der Waals surface area (Å²) in [5.74, 6) is 0. The average Bonchev–Trinajstić information content (AvgIpc) is 2.32. The van der Waals surface area contributed by atoms with Crippen LogP contribution in [0, 0.1) is 6.92 Å². The van der Waals surface area contributed by atoms with Crippen LogP contribution in [0.4, 0.5) is 5.69 Å². The van der Waals surface area contributed by atoms with E-state index < -0.39 is 0 Å². The van der Waals surface area contributed by atoms with Crippen molar-refractivity contribution in [1.29, 1.82) is 0 Å². The van der Waals surface area contributed by atoms with Gasteiger partial charge in [0.2, 0.25) is 0 Å². The predicted molar refractivity (Wildman–Crippen MR) is 65.5 cm³/mol. The van der Waals surface area contributed by atoms with Gasteiger partial charge in [0.05, 0.1) is 12.2 Å². The van der Waals surface area contributed by atoms with Gasteiger partial charge in [-0.2, -0.15) is 0 Å². The summed E-state index contributed by atoms with van der Waals surface area (Å²) in [5.41, 5.74) is 3.02. The molecule has 0 aliphatic heterocycles. The monoisotopic (exact) mass is 233 g/mol. The first-order chi connectivity index (χ1) is 7.75. The number of hydrogen-bond donors (Lipinski definition) is 1. The topological polar surface area (TPSA) is 37.8 Å². The van der Waals surface area contributed by atoms with Crippen LogP contribution in [-0.2, 0) is 6.54 Å². The summed E-state index contributed by atoms with van der Waals surface area (Å²) in [6.45, 7) is 2.65. The molecular formula is C12H12ClN3. The number of hydrogen-bond acceptors (Lipinski definition) is 3. The molecule has 0 saturated heterocycles. The van der Waals surface area contributed by atoms with Gasteiger partial charge in [-0.1, -0.05) is 17.7 Å². The lowest BCUT2D eigenvalue weighted by atomic mass is 10.2. The Morgan fingerprint density at radius 3 is 2.88 bits per heavy atom. The molecule has 0 saturated carbocycles. The molecule has 1 N–H and O–H groups in total. The molecule has 2 rings (SSSR count). The second-order valence-electron chi connectivity index (χ2n) is 3.52. The van der Waals surface area contributed by atoms with E-state index in [2.05, 4.69) is 15.3 Å². The molecule has 0 aliphatic carbocycles. The lowest BCUT2D eigenvalue weighted by molar-refractivity contribution is 1.01. The minimum atomic E-state index is 0.669. The summed E-state index contributed by atoms with van der Waals surface area (Å²) < 4.78 is 0. The summed E-state index contributed by atoms with van der Waals surface area (Å²) in [4.78, 5) is 7.99. The van der Waals surface area contributed by atoms with E-state index in [1.54, 1.807) is 12.5 Å². The maximum absolute atomic E-state index is 6.03. The van der Waals surface area contributed by atoms with Gasteiger partial charge >= 0.3 is 0 Å². The second kappa shape index (κ2) is 4.94. The molecule has 0 unspecified atom stereocenters. The largest absolute Gasteiger partial charge is 0.379 e. The molecule has 0 spiro atoms. The molecule has 82 valence electrons. The first-order valence-corrected chi connectivity index (χ1v) is 5.38. The highest BCUT2D eigenvalue weighted by atomic mass is 35.5. The Kier molecular flexibility index (Phi) is 3.37. The van der Waals surface area contributed by atoms with Crippen LogP contribution in [-0.4, -0.2) is 9.97 Å². The highest BCUT2D eigenvalue weighted by Crippen LogP contribution is 2.20. The molecule has 0 fully saturated rings. The van der Waals surface area contributed by atoms with Crippen molar-refractivity contribution in [3.63, 3.8) is 0 Å². The number of anilines is 1. The Morgan fingerprint density at radius 2 is 2.19 bits per heavy atom. The number of aromatic nitrogens is 2. The van der Waals surface area contributed by atoms with E-state index in [0.29, 0.717) is 6.54 Å². The van der Waals surface area contributed by atoms with Crippen molar-refractivity contribution in [2.45, 2.75) is 13.5 Å². The number of nitrogens with one attached hydrogen (secondary N) is 1. The number of rotatable bonds is 3. The summed E-state index contributed by atoms with van der Waals surface area (Å²) >= 11 is 6.03. The number of nitrogens with zero attached hydrogens (tertiary/aromatic N) is 2. The van der Waals surface area contributed by atoms with Crippen LogP contribution >= 0.6 is 11.6 Å². The van der Waals surface area contributed by atoms with Gasteiger partial charge in [0.25, 0.3) is 0 Å². The molecule has 0 amide bonds. The third-order valence-electron chi connectivity index (χ3n) is 2.29. The summed E-state index contributed by atoms with van der Waals surface area (Å²) in [6.07, 6.45) is 3.27. The first-order valence-electron chi connectivity index (χ1n) is 5.00. The Bertz CT molecular complexity index is 471. The molecular weight excluding hydrogens is 222 g/mol. The number of benzene rings is 1. The fraction of sp³-hybridized carbons (Fsp3) is 0.167. The summed E-state index contributed by atoms with van der Waals surface area (Å²) in [7, 11) is 0. The van der Waals surface area contributed by atoms with Crippen LogP contribution in [0.2, 0.25) is 5.02 Å². The fourth-order valence-corrected chi connectivity index (χ4v) is 1.50. The van der Waals surface area contributed by atoms with Crippen molar-refractivity contribution in [3.8, 4) is 0 Å². The number of aryl methyl sites for hydroxylation is 1. The average molecular weight is 234 g/mol. The molecule has 0 aliphatic rings. The Labute approximate surface area is 99.5 Å². The quantitative estimate of drug-likeness (QED) is 0.886. The van der Waals surface area contributed by atoms with Gasteiger partial charge in [-0.05, 0) is 30.7 Å². The third kappa shape index (κ3) is 2.70. The van der Waals surface area contributed by atoms with Gasteiger partial charge in [-0.3, -0.25) is 0 Å². The van der Waals surface area contributed by atoms with E-state index in [1.165, 1.54) is 0 Å². The molecule has 0 atom stereocenters. The summed E-state index contributed by atoms with van der Waals surface area (Å²) in [5, 5.41) is 4.03. The molecule has 1 heterocycles. The van der Waals surface area contributed by atoms with Crippen LogP contribution in [0.1, 0.15) is 11.3 Å². The van der Waals surface area contributed by atoms with Gasteiger partial charge in [0, 0.05) is 16.9 Å². The Balaban J connectivity index is 2.03. The van der Waals surface area contributed by atoms with E-state index >= 15 is 0 Å². The maximum Gasteiger partial charge on any atom is 0.115 e. The van der Waals surface area contributed by atoms with Crippen LogP contribution in [0.5, 0.6) is 0 Å². The minimum Gasteiger partial charge on any atom is -0.379 e. The molecule has 1 aromatic heterocycles. The van der Waals surface area contributed by atoms with Crippen LogP contribution in [0.15, 0.2) is 36.8 Å². The lowest BCUT2D eigenvalue weighted by Gasteiger charge is -2.07. The zero-order chi connectivity index (χ0) is 11.4. The summed E-state index contributed by atoms with van der Waals surface area (Å²) in [6, 6.07) is 7.79. The number of halogens is 1. The maximum atomic E-state index is 6.03. The second-order valence-corrected chi connectivity index (χ2v) is 3.93. The van der Waals surface area contributed by atoms with E-state index in [1.807, 2.05) is 31.2 Å². The standard InChI is InChI=1S/C12H12ClN3/c1-9-2-3-10(6-12(9)13)15-7-11-4-5-14-8-16-11/h2-6,8,15H,7H2,1H3. The van der Waals surface area contributed by atoms with Crippen molar-refractivity contribution >= 4 is 17.3 Å². The zero-order valence-corrected chi connectivity index (χ0v) is 9.70. The molecule has 4 heteroatoms. The zero-order valence-electron chi connectivity index (χ0n) is 8.94. The van der Waals surface area contributed by atoms with Crippen molar-refractivity contribution in [3.05, 3.63) is 53.1 Å². The predicted octanol–water partition coefficient (Wildman–Crippen LogP) is 3.05. The SMILES string of the molecule is Cc1ccc(NCc2ccncn2)cc1Cl. The van der Waals surface area contributed by atoms with Crippen LogP contribution in [0.25, 0.3) is 0 Å². The minimum absolute atomic E-state index is 0.669. The fourth-order valence-electron chi connectivity index (χ4n) is 1.32. The first kappa shape index (κ1) is 10.9. The molecule has 16 heavy (non-hydrogen) atoms. The van der Waals surface area contributed by atoms with Crippen molar-refractivity contribution in [2.75, 3.05) is 5.32 Å². The molecule has 3 nitrogen and oxygen atoms in total.